The van der Waals surface area contributed by atoms with Gasteiger partial charge >= 0.3 is 11.9 Å². The molecule has 0 fully saturated rings. The fourth-order valence-corrected chi connectivity index (χ4v) is 3.49. The fraction of sp³-hybridized carbons (Fsp3) is 0.227. The number of para-hydroxylation sites is 2. The number of thiocarbonyl (C=S) groups is 1. The molecule has 0 aliphatic rings. The average Bonchev–Trinajstić information content (AvgIpc) is 2.78. The Morgan fingerprint density at radius 2 is 1.71 bits per heavy atom. The number of ether oxygens (including phenoxy) is 3. The van der Waals surface area contributed by atoms with Gasteiger partial charge in [-0.3, -0.25) is 9.36 Å². The second-order valence-electron chi connectivity index (χ2n) is 7.11. The molecular weight excluding hydrogens is 560 g/mol. The summed E-state index contributed by atoms with van der Waals surface area (Å²) in [6.07, 6.45) is -5.58. The Morgan fingerprint density at radius 3 is 2.31 bits per heavy atom. The van der Waals surface area contributed by atoms with Gasteiger partial charge in [0.1, 0.15) is 17.3 Å². The Labute approximate surface area is 209 Å². The normalized spacial score (nSPS) is 12.2. The highest BCUT2D eigenvalue weighted by Gasteiger charge is 2.35. The molecule has 7 nitrogen and oxygen atoms in total. The SMILES string of the molecule is COC(=S)C(C)Oc1ccccc1Oc1cc(-n2c(=O)cc(C(F)(F)F)n(C)c2=O)c(F)cc1Br. The van der Waals surface area contributed by atoms with Gasteiger partial charge in [-0.05, 0) is 53.3 Å². The number of halogens is 5. The molecule has 2 aromatic carbocycles. The van der Waals surface area contributed by atoms with Crippen LogP contribution in [0.25, 0.3) is 5.69 Å². The highest BCUT2D eigenvalue weighted by molar-refractivity contribution is 9.10. The molecule has 0 radical (unpaired) electrons. The number of benzene rings is 2. The van der Waals surface area contributed by atoms with E-state index in [1.54, 1.807) is 25.1 Å². The smallest absolute Gasteiger partial charge is 0.431 e. The van der Waals surface area contributed by atoms with Gasteiger partial charge in [-0.25, -0.2) is 13.8 Å². The molecule has 0 saturated heterocycles. The molecule has 0 aliphatic carbocycles. The van der Waals surface area contributed by atoms with Gasteiger partial charge in [-0.15, -0.1) is 0 Å². The van der Waals surface area contributed by atoms with Crippen LogP contribution in [0, 0.1) is 5.82 Å². The molecule has 186 valence electrons. The van der Waals surface area contributed by atoms with Crippen molar-refractivity contribution < 1.29 is 31.8 Å². The first-order chi connectivity index (χ1) is 16.3. The van der Waals surface area contributed by atoms with Gasteiger partial charge in [0.25, 0.3) is 5.56 Å². The summed E-state index contributed by atoms with van der Waals surface area (Å²) in [5.74, 6) is -0.677. The largest absolute Gasteiger partial charge is 0.487 e. The molecule has 0 aliphatic heterocycles. The first-order valence-electron chi connectivity index (χ1n) is 9.76. The van der Waals surface area contributed by atoms with Crippen molar-refractivity contribution in [2.24, 2.45) is 7.05 Å². The van der Waals surface area contributed by atoms with Crippen LogP contribution >= 0.6 is 28.1 Å². The monoisotopic (exact) mass is 576 g/mol. The maximum absolute atomic E-state index is 14.8. The lowest BCUT2D eigenvalue weighted by Gasteiger charge is -2.18. The molecule has 3 aromatic rings. The molecular formula is C22H17BrF4N2O5S. The van der Waals surface area contributed by atoms with Gasteiger partial charge < -0.3 is 14.2 Å². The quantitative estimate of drug-likeness (QED) is 0.304. The molecule has 1 unspecified atom stereocenters. The maximum Gasteiger partial charge on any atom is 0.431 e. The minimum absolute atomic E-state index is 0.0479. The van der Waals surface area contributed by atoms with E-state index >= 15 is 0 Å². The third-order valence-electron chi connectivity index (χ3n) is 4.76. The van der Waals surface area contributed by atoms with E-state index in [4.69, 9.17) is 26.4 Å². The van der Waals surface area contributed by atoms with Crippen molar-refractivity contribution in [2.75, 3.05) is 7.11 Å². The third-order valence-corrected chi connectivity index (χ3v) is 5.88. The minimum atomic E-state index is -4.95. The van der Waals surface area contributed by atoms with Crippen LogP contribution in [0.2, 0.25) is 0 Å². The lowest BCUT2D eigenvalue weighted by Crippen LogP contribution is -2.41. The molecule has 1 heterocycles. The van der Waals surface area contributed by atoms with Crippen LogP contribution in [0.15, 0.2) is 56.5 Å². The molecule has 0 spiro atoms. The Bertz CT molecular complexity index is 1400. The number of nitrogens with zero attached hydrogens (tertiary/aromatic N) is 2. The van der Waals surface area contributed by atoms with Crippen LogP contribution in [0.3, 0.4) is 0 Å². The van der Waals surface area contributed by atoms with Gasteiger partial charge in [0.15, 0.2) is 22.7 Å². The third kappa shape index (κ3) is 5.56. The molecule has 1 atom stereocenters. The molecule has 13 heteroatoms. The Morgan fingerprint density at radius 1 is 1.09 bits per heavy atom. The standard InChI is InChI=1S/C22H17BrF4N2O5S/c1-11(20(35)32-3)33-15-6-4-5-7-16(15)34-17-9-14(13(24)8-12(17)23)29-19(30)10-18(22(25,26)27)28(2)21(29)31/h4-11H,1-3H3. The molecule has 0 bridgehead atoms. The first-order valence-corrected chi connectivity index (χ1v) is 11.0. The van der Waals surface area contributed by atoms with Crippen molar-refractivity contribution in [3.63, 3.8) is 0 Å². The van der Waals surface area contributed by atoms with Crippen LogP contribution in [0.4, 0.5) is 17.6 Å². The van der Waals surface area contributed by atoms with Crippen LogP contribution in [-0.4, -0.2) is 27.4 Å². The van der Waals surface area contributed by atoms with Crippen molar-refractivity contribution in [3.8, 4) is 22.9 Å². The van der Waals surface area contributed by atoms with Crippen molar-refractivity contribution >= 4 is 33.2 Å². The Kier molecular flexibility index (Phi) is 7.70. The summed E-state index contributed by atoms with van der Waals surface area (Å²) in [6, 6.07) is 8.56. The van der Waals surface area contributed by atoms with Crippen LogP contribution in [0.1, 0.15) is 12.6 Å². The van der Waals surface area contributed by atoms with Gasteiger partial charge in [-0.1, -0.05) is 12.1 Å². The lowest BCUT2D eigenvalue weighted by molar-refractivity contribution is -0.144. The number of alkyl halides is 3. The fourth-order valence-electron chi connectivity index (χ4n) is 3.04. The van der Waals surface area contributed by atoms with E-state index in [9.17, 15) is 27.2 Å². The summed E-state index contributed by atoms with van der Waals surface area (Å²) >= 11 is 8.20. The topological polar surface area (TPSA) is 71.7 Å². The molecule has 3 rings (SSSR count). The number of hydrogen-bond acceptors (Lipinski definition) is 6. The second-order valence-corrected chi connectivity index (χ2v) is 8.37. The zero-order chi connectivity index (χ0) is 26.1. The zero-order valence-electron chi connectivity index (χ0n) is 18.4. The highest BCUT2D eigenvalue weighted by Crippen LogP contribution is 2.37. The Balaban J connectivity index is 2.09. The number of rotatable bonds is 6. The molecule has 35 heavy (non-hydrogen) atoms. The van der Waals surface area contributed by atoms with E-state index < -0.39 is 40.7 Å². The van der Waals surface area contributed by atoms with E-state index in [0.717, 1.165) is 19.2 Å². The summed E-state index contributed by atoms with van der Waals surface area (Å²) in [4.78, 5) is 25.0. The van der Waals surface area contributed by atoms with E-state index in [2.05, 4.69) is 15.9 Å². The number of methoxy groups -OCH3 is 1. The van der Waals surface area contributed by atoms with Crippen molar-refractivity contribution in [1.82, 2.24) is 9.13 Å². The summed E-state index contributed by atoms with van der Waals surface area (Å²) in [5.41, 5.74) is -4.82. The van der Waals surface area contributed by atoms with E-state index in [-0.39, 0.29) is 42.0 Å². The summed E-state index contributed by atoms with van der Waals surface area (Å²) in [6.45, 7) is 1.65. The van der Waals surface area contributed by atoms with Crippen molar-refractivity contribution in [2.45, 2.75) is 19.2 Å². The summed E-state index contributed by atoms with van der Waals surface area (Å²) in [7, 11) is 2.23. The summed E-state index contributed by atoms with van der Waals surface area (Å²) < 4.78 is 71.4. The zero-order valence-corrected chi connectivity index (χ0v) is 20.8. The van der Waals surface area contributed by atoms with Crippen LogP contribution < -0.4 is 20.7 Å². The van der Waals surface area contributed by atoms with Gasteiger partial charge in [0, 0.05) is 19.2 Å². The van der Waals surface area contributed by atoms with E-state index in [0.29, 0.717) is 0 Å². The molecule has 0 amide bonds. The Hall–Kier alpha value is -3.19. The summed E-state index contributed by atoms with van der Waals surface area (Å²) in [5, 5.41) is 0.183. The second kappa shape index (κ2) is 10.2. The van der Waals surface area contributed by atoms with E-state index in [1.807, 2.05) is 0 Å². The van der Waals surface area contributed by atoms with Gasteiger partial charge in [0.05, 0.1) is 17.3 Å². The van der Waals surface area contributed by atoms with Gasteiger partial charge in [-0.2, -0.15) is 13.2 Å². The molecule has 1 aromatic heterocycles. The number of aromatic nitrogens is 2. The molecule has 0 saturated carbocycles. The highest BCUT2D eigenvalue weighted by atomic mass is 79.9. The van der Waals surface area contributed by atoms with Crippen molar-refractivity contribution in [3.05, 3.63) is 79.3 Å². The minimum Gasteiger partial charge on any atom is -0.487 e. The van der Waals surface area contributed by atoms with E-state index in [1.165, 1.54) is 13.2 Å². The first kappa shape index (κ1) is 26.4. The molecule has 0 N–H and O–H groups in total. The van der Waals surface area contributed by atoms with Gasteiger partial charge in [0.2, 0.25) is 0 Å². The average molecular weight is 577 g/mol. The van der Waals surface area contributed by atoms with Crippen LogP contribution in [-0.2, 0) is 18.0 Å². The lowest BCUT2D eigenvalue weighted by atomic mass is 10.2. The van der Waals surface area contributed by atoms with Crippen LogP contribution in [0.5, 0.6) is 17.2 Å². The maximum atomic E-state index is 14.8. The predicted octanol–water partition coefficient (Wildman–Crippen LogP) is 4.99. The van der Waals surface area contributed by atoms with Crippen molar-refractivity contribution in [1.29, 1.82) is 0 Å². The number of hydrogen-bond donors (Lipinski definition) is 0. The predicted molar refractivity (Wildman–Crippen MR) is 126 cm³/mol.